The SMILES string of the molecule is CCS(=O)(=O)c1ncc(CN(C)[C@@H](C)c2ccncn2)n1Cc1ccccc1. The largest absolute Gasteiger partial charge is 0.313 e. The van der Waals surface area contributed by atoms with Crippen molar-refractivity contribution in [1.82, 2.24) is 24.4 Å². The molecule has 3 rings (SSSR count). The van der Waals surface area contributed by atoms with E-state index >= 15 is 0 Å². The van der Waals surface area contributed by atoms with Crippen LogP contribution in [-0.4, -0.2) is 45.6 Å². The molecular weight excluding hydrogens is 374 g/mol. The summed E-state index contributed by atoms with van der Waals surface area (Å²) in [4.78, 5) is 14.7. The standard InChI is InChI=1S/C20H25N5O2S/c1-4-28(26,27)20-22-12-18(25(20)13-17-8-6-5-7-9-17)14-24(3)16(2)19-10-11-21-15-23-19/h5-12,15-16H,4,13-14H2,1-3H3/t16-/m0/s1. The van der Waals surface area contributed by atoms with Crippen molar-refractivity contribution in [2.24, 2.45) is 0 Å². The van der Waals surface area contributed by atoms with E-state index in [1.807, 2.05) is 43.4 Å². The molecule has 0 spiro atoms. The van der Waals surface area contributed by atoms with E-state index in [0.29, 0.717) is 13.1 Å². The van der Waals surface area contributed by atoms with Crippen LogP contribution in [0.1, 0.15) is 36.8 Å². The number of rotatable bonds is 8. The molecule has 0 saturated carbocycles. The van der Waals surface area contributed by atoms with Crippen LogP contribution in [0.2, 0.25) is 0 Å². The molecule has 0 amide bonds. The van der Waals surface area contributed by atoms with E-state index in [0.717, 1.165) is 17.0 Å². The number of sulfone groups is 1. The van der Waals surface area contributed by atoms with E-state index in [4.69, 9.17) is 0 Å². The lowest BCUT2D eigenvalue weighted by Crippen LogP contribution is -2.25. The van der Waals surface area contributed by atoms with Crippen LogP contribution in [-0.2, 0) is 22.9 Å². The first-order valence-electron chi connectivity index (χ1n) is 9.19. The van der Waals surface area contributed by atoms with Crippen LogP contribution in [0.3, 0.4) is 0 Å². The van der Waals surface area contributed by atoms with Gasteiger partial charge in [0.2, 0.25) is 15.0 Å². The molecule has 1 aromatic carbocycles. The van der Waals surface area contributed by atoms with E-state index in [-0.39, 0.29) is 17.0 Å². The van der Waals surface area contributed by atoms with Gasteiger partial charge >= 0.3 is 0 Å². The van der Waals surface area contributed by atoms with Gasteiger partial charge in [0.1, 0.15) is 6.33 Å². The maximum atomic E-state index is 12.6. The summed E-state index contributed by atoms with van der Waals surface area (Å²) in [5.41, 5.74) is 2.79. The Bertz CT molecular complexity index is 1000. The van der Waals surface area contributed by atoms with Gasteiger partial charge in [-0.25, -0.2) is 23.4 Å². The minimum Gasteiger partial charge on any atom is -0.313 e. The van der Waals surface area contributed by atoms with Gasteiger partial charge in [0, 0.05) is 18.8 Å². The fourth-order valence-corrected chi connectivity index (χ4v) is 3.99. The summed E-state index contributed by atoms with van der Waals surface area (Å²) in [6, 6.07) is 11.7. The van der Waals surface area contributed by atoms with Gasteiger partial charge in [0.05, 0.1) is 29.9 Å². The summed E-state index contributed by atoms with van der Waals surface area (Å²) in [5, 5.41) is 0.122. The zero-order chi connectivity index (χ0) is 20.1. The lowest BCUT2D eigenvalue weighted by atomic mass is 10.2. The molecule has 0 bridgehead atoms. The molecule has 2 heterocycles. The third-order valence-corrected chi connectivity index (χ3v) is 6.49. The Kier molecular flexibility index (Phi) is 6.21. The molecule has 148 valence electrons. The highest BCUT2D eigenvalue weighted by Gasteiger charge is 2.23. The third kappa shape index (κ3) is 4.45. The molecule has 0 aliphatic heterocycles. The number of hydrogen-bond acceptors (Lipinski definition) is 6. The Hall–Kier alpha value is -2.58. The van der Waals surface area contributed by atoms with E-state index in [2.05, 4.69) is 26.8 Å². The van der Waals surface area contributed by atoms with Crippen molar-refractivity contribution in [3.05, 3.63) is 72.1 Å². The second kappa shape index (κ2) is 8.62. The van der Waals surface area contributed by atoms with Crippen molar-refractivity contribution in [3.8, 4) is 0 Å². The second-order valence-corrected chi connectivity index (χ2v) is 8.90. The summed E-state index contributed by atoms with van der Waals surface area (Å²) < 4.78 is 26.9. The van der Waals surface area contributed by atoms with Crippen molar-refractivity contribution in [2.45, 2.75) is 38.1 Å². The van der Waals surface area contributed by atoms with E-state index in [1.165, 1.54) is 6.33 Å². The molecule has 0 fully saturated rings. The predicted octanol–water partition coefficient (Wildman–Crippen LogP) is 2.71. The molecule has 0 unspecified atom stereocenters. The number of nitrogens with zero attached hydrogens (tertiary/aromatic N) is 5. The molecule has 0 radical (unpaired) electrons. The zero-order valence-electron chi connectivity index (χ0n) is 16.4. The average molecular weight is 400 g/mol. The first kappa shape index (κ1) is 20.2. The molecule has 28 heavy (non-hydrogen) atoms. The highest BCUT2D eigenvalue weighted by atomic mass is 32.2. The lowest BCUT2D eigenvalue weighted by molar-refractivity contribution is 0.242. The third-order valence-electron chi connectivity index (χ3n) is 4.85. The normalized spacial score (nSPS) is 13.0. The smallest absolute Gasteiger partial charge is 0.228 e. The Morgan fingerprint density at radius 3 is 2.54 bits per heavy atom. The van der Waals surface area contributed by atoms with Crippen LogP contribution in [0.4, 0.5) is 0 Å². The highest BCUT2D eigenvalue weighted by Crippen LogP contribution is 2.21. The van der Waals surface area contributed by atoms with Gasteiger partial charge in [-0.15, -0.1) is 0 Å². The summed E-state index contributed by atoms with van der Waals surface area (Å²) in [6.45, 7) is 4.70. The van der Waals surface area contributed by atoms with Gasteiger partial charge < -0.3 is 4.57 Å². The van der Waals surface area contributed by atoms with E-state index < -0.39 is 9.84 Å². The van der Waals surface area contributed by atoms with E-state index in [9.17, 15) is 8.42 Å². The minimum absolute atomic E-state index is 0.0193. The number of benzene rings is 1. The van der Waals surface area contributed by atoms with Crippen LogP contribution in [0.15, 0.2) is 60.3 Å². The zero-order valence-corrected chi connectivity index (χ0v) is 17.2. The van der Waals surface area contributed by atoms with Gasteiger partial charge in [0.15, 0.2) is 0 Å². The van der Waals surface area contributed by atoms with Crippen LogP contribution in [0, 0.1) is 0 Å². The van der Waals surface area contributed by atoms with Crippen molar-refractivity contribution < 1.29 is 8.42 Å². The maximum Gasteiger partial charge on any atom is 0.228 e. The minimum atomic E-state index is -3.42. The fourth-order valence-electron chi connectivity index (χ4n) is 3.00. The number of aromatic nitrogens is 4. The molecule has 0 aliphatic rings. The van der Waals surface area contributed by atoms with Crippen LogP contribution >= 0.6 is 0 Å². The van der Waals surface area contributed by atoms with Gasteiger partial charge in [-0.05, 0) is 25.6 Å². The fraction of sp³-hybridized carbons (Fsp3) is 0.350. The predicted molar refractivity (Wildman–Crippen MR) is 107 cm³/mol. The molecule has 8 heteroatoms. The van der Waals surface area contributed by atoms with Gasteiger partial charge in [-0.2, -0.15) is 0 Å². The lowest BCUT2D eigenvalue weighted by Gasteiger charge is -2.24. The van der Waals surface area contributed by atoms with E-state index in [1.54, 1.807) is 23.9 Å². The van der Waals surface area contributed by atoms with Gasteiger partial charge in [0.25, 0.3) is 0 Å². The summed E-state index contributed by atoms with van der Waals surface area (Å²) in [7, 11) is -1.44. The summed E-state index contributed by atoms with van der Waals surface area (Å²) in [6.07, 6.45) is 4.91. The molecule has 0 aliphatic carbocycles. The van der Waals surface area contributed by atoms with Crippen LogP contribution in [0.5, 0.6) is 0 Å². The molecule has 0 saturated heterocycles. The average Bonchev–Trinajstić information content (AvgIpc) is 3.11. The molecule has 2 aromatic heterocycles. The first-order chi connectivity index (χ1) is 13.4. The Morgan fingerprint density at radius 1 is 1.14 bits per heavy atom. The van der Waals surface area contributed by atoms with Crippen molar-refractivity contribution in [2.75, 3.05) is 12.8 Å². The molecule has 3 aromatic rings. The van der Waals surface area contributed by atoms with Gasteiger partial charge in [-0.1, -0.05) is 37.3 Å². The molecule has 7 nitrogen and oxygen atoms in total. The van der Waals surface area contributed by atoms with Crippen molar-refractivity contribution >= 4 is 9.84 Å². The number of imidazole rings is 1. The quantitative estimate of drug-likeness (QED) is 0.579. The van der Waals surface area contributed by atoms with Crippen molar-refractivity contribution in [1.29, 1.82) is 0 Å². The first-order valence-corrected chi connectivity index (χ1v) is 10.8. The number of hydrogen-bond donors (Lipinski definition) is 0. The maximum absolute atomic E-state index is 12.6. The van der Waals surface area contributed by atoms with Crippen LogP contribution < -0.4 is 0 Å². The monoisotopic (exact) mass is 399 g/mol. The van der Waals surface area contributed by atoms with Gasteiger partial charge in [-0.3, -0.25) is 4.90 Å². The second-order valence-electron chi connectivity index (χ2n) is 6.73. The molecular formula is C20H25N5O2S. The Morgan fingerprint density at radius 2 is 1.89 bits per heavy atom. The highest BCUT2D eigenvalue weighted by molar-refractivity contribution is 7.91. The molecule has 0 N–H and O–H groups in total. The summed E-state index contributed by atoms with van der Waals surface area (Å²) >= 11 is 0. The Labute approximate surface area is 166 Å². The van der Waals surface area contributed by atoms with Crippen LogP contribution in [0.25, 0.3) is 0 Å². The Balaban J connectivity index is 1.92. The van der Waals surface area contributed by atoms with Crippen molar-refractivity contribution in [3.63, 3.8) is 0 Å². The molecule has 1 atom stereocenters. The summed E-state index contributed by atoms with van der Waals surface area (Å²) in [5.74, 6) is 0.0193. The topological polar surface area (TPSA) is 81.0 Å².